The molecule has 0 radical (unpaired) electrons. The van der Waals surface area contributed by atoms with Crippen molar-refractivity contribution in [2.24, 2.45) is 11.7 Å². The summed E-state index contributed by atoms with van der Waals surface area (Å²) in [6, 6.07) is 11.9. The molecule has 1 heterocycles. The third-order valence-electron chi connectivity index (χ3n) is 4.85. The molecule has 0 aromatic heterocycles. The van der Waals surface area contributed by atoms with E-state index in [2.05, 4.69) is 15.9 Å². The standard InChI is InChI=1S/C20H23BrN2O3/c21-20-16-6-2-1-5-15(16)8-9-17(20)26-13-19(25)23-11-3-4-14(12-23)7-10-18(22)24/h1-2,5-6,8-9,14H,3-4,7,10-13H2,(H2,22,24). The molecule has 2 amide bonds. The van der Waals surface area contributed by atoms with Crippen molar-refractivity contribution in [3.05, 3.63) is 40.9 Å². The van der Waals surface area contributed by atoms with Crippen molar-refractivity contribution in [1.82, 2.24) is 4.90 Å². The number of primary amides is 1. The van der Waals surface area contributed by atoms with Crippen LogP contribution in [0.4, 0.5) is 0 Å². The third kappa shape index (κ3) is 4.55. The van der Waals surface area contributed by atoms with Crippen molar-refractivity contribution in [3.8, 4) is 5.75 Å². The van der Waals surface area contributed by atoms with Gasteiger partial charge in [0.25, 0.3) is 5.91 Å². The highest BCUT2D eigenvalue weighted by atomic mass is 79.9. The minimum Gasteiger partial charge on any atom is -0.483 e. The monoisotopic (exact) mass is 418 g/mol. The van der Waals surface area contributed by atoms with Gasteiger partial charge >= 0.3 is 0 Å². The van der Waals surface area contributed by atoms with E-state index < -0.39 is 0 Å². The van der Waals surface area contributed by atoms with E-state index >= 15 is 0 Å². The van der Waals surface area contributed by atoms with Gasteiger partial charge in [-0.25, -0.2) is 0 Å². The lowest BCUT2D eigenvalue weighted by Gasteiger charge is -2.32. The van der Waals surface area contributed by atoms with Crippen molar-refractivity contribution in [1.29, 1.82) is 0 Å². The number of carbonyl (C=O) groups is 2. The Labute approximate surface area is 161 Å². The van der Waals surface area contributed by atoms with Crippen LogP contribution in [-0.4, -0.2) is 36.4 Å². The van der Waals surface area contributed by atoms with Crippen LogP contribution in [0, 0.1) is 5.92 Å². The highest BCUT2D eigenvalue weighted by molar-refractivity contribution is 9.10. The lowest BCUT2D eigenvalue weighted by atomic mass is 9.93. The molecule has 26 heavy (non-hydrogen) atoms. The first-order chi connectivity index (χ1) is 12.5. The summed E-state index contributed by atoms with van der Waals surface area (Å²) < 4.78 is 6.64. The average molecular weight is 419 g/mol. The molecule has 5 nitrogen and oxygen atoms in total. The Bertz CT molecular complexity index is 809. The number of benzene rings is 2. The van der Waals surface area contributed by atoms with Gasteiger partial charge in [0.05, 0.1) is 4.47 Å². The number of ether oxygens (including phenoxy) is 1. The quantitative estimate of drug-likeness (QED) is 0.779. The number of likely N-dealkylation sites (tertiary alicyclic amines) is 1. The molecule has 1 aliphatic rings. The number of piperidine rings is 1. The SMILES string of the molecule is NC(=O)CCC1CCCN(C(=O)COc2ccc3ccccc3c2Br)C1. The van der Waals surface area contributed by atoms with Crippen LogP contribution in [0.3, 0.4) is 0 Å². The van der Waals surface area contributed by atoms with E-state index in [4.69, 9.17) is 10.5 Å². The summed E-state index contributed by atoms with van der Waals surface area (Å²) in [5.74, 6) is 0.707. The molecule has 2 aromatic rings. The van der Waals surface area contributed by atoms with Gasteiger partial charge in [-0.1, -0.05) is 30.3 Å². The van der Waals surface area contributed by atoms with Gasteiger partial charge in [-0.2, -0.15) is 0 Å². The molecule has 1 fully saturated rings. The molecule has 1 aliphatic heterocycles. The van der Waals surface area contributed by atoms with Gasteiger partial charge < -0.3 is 15.4 Å². The van der Waals surface area contributed by atoms with Gasteiger partial charge in [-0.05, 0) is 57.9 Å². The van der Waals surface area contributed by atoms with E-state index in [0.717, 1.165) is 41.1 Å². The van der Waals surface area contributed by atoms with Crippen LogP contribution >= 0.6 is 15.9 Å². The van der Waals surface area contributed by atoms with E-state index in [1.165, 1.54) is 0 Å². The zero-order chi connectivity index (χ0) is 18.5. The number of fused-ring (bicyclic) bond motifs is 1. The number of carbonyl (C=O) groups excluding carboxylic acids is 2. The van der Waals surface area contributed by atoms with Gasteiger partial charge in [0.15, 0.2) is 6.61 Å². The number of nitrogens with zero attached hydrogens (tertiary/aromatic N) is 1. The van der Waals surface area contributed by atoms with Crippen molar-refractivity contribution in [2.45, 2.75) is 25.7 Å². The number of amides is 2. The van der Waals surface area contributed by atoms with Crippen molar-refractivity contribution in [2.75, 3.05) is 19.7 Å². The highest BCUT2D eigenvalue weighted by Gasteiger charge is 2.24. The first-order valence-corrected chi connectivity index (χ1v) is 9.70. The normalized spacial score (nSPS) is 17.3. The molecule has 1 unspecified atom stereocenters. The zero-order valence-electron chi connectivity index (χ0n) is 14.6. The highest BCUT2D eigenvalue weighted by Crippen LogP contribution is 2.33. The van der Waals surface area contributed by atoms with Gasteiger partial charge in [0, 0.05) is 19.5 Å². The molecule has 6 heteroatoms. The van der Waals surface area contributed by atoms with Crippen LogP contribution in [0.5, 0.6) is 5.75 Å². The van der Waals surface area contributed by atoms with Gasteiger partial charge in [0.2, 0.25) is 5.91 Å². The van der Waals surface area contributed by atoms with Crippen molar-refractivity contribution >= 4 is 38.5 Å². The molecule has 0 aliphatic carbocycles. The lowest BCUT2D eigenvalue weighted by molar-refractivity contribution is -0.135. The van der Waals surface area contributed by atoms with Crippen molar-refractivity contribution < 1.29 is 14.3 Å². The molecule has 138 valence electrons. The second-order valence-corrected chi connectivity index (χ2v) is 7.53. The van der Waals surface area contributed by atoms with E-state index in [0.29, 0.717) is 24.6 Å². The summed E-state index contributed by atoms with van der Waals surface area (Å²) in [7, 11) is 0. The Morgan fingerprint density at radius 1 is 1.23 bits per heavy atom. The molecule has 3 rings (SSSR count). The predicted molar refractivity (Wildman–Crippen MR) is 105 cm³/mol. The largest absolute Gasteiger partial charge is 0.483 e. The fraction of sp³-hybridized carbons (Fsp3) is 0.400. The second-order valence-electron chi connectivity index (χ2n) is 6.74. The molecule has 2 N–H and O–H groups in total. The van der Waals surface area contributed by atoms with E-state index in [9.17, 15) is 9.59 Å². The van der Waals surface area contributed by atoms with E-state index in [1.54, 1.807) is 0 Å². The maximum absolute atomic E-state index is 12.5. The minimum atomic E-state index is -0.280. The smallest absolute Gasteiger partial charge is 0.260 e. The molecule has 1 saturated heterocycles. The summed E-state index contributed by atoms with van der Waals surface area (Å²) in [6.45, 7) is 1.43. The number of nitrogens with two attached hydrogens (primary N) is 1. The summed E-state index contributed by atoms with van der Waals surface area (Å²) in [4.78, 5) is 25.3. The number of rotatable bonds is 6. The third-order valence-corrected chi connectivity index (χ3v) is 5.67. The Balaban J connectivity index is 1.58. The average Bonchev–Trinajstić information content (AvgIpc) is 2.66. The maximum atomic E-state index is 12.5. The van der Waals surface area contributed by atoms with E-state index in [-0.39, 0.29) is 18.4 Å². The topological polar surface area (TPSA) is 72.6 Å². The minimum absolute atomic E-state index is 0.0134. The first kappa shape index (κ1) is 18.7. The Morgan fingerprint density at radius 3 is 2.85 bits per heavy atom. The van der Waals surface area contributed by atoms with Gasteiger partial charge in [-0.15, -0.1) is 0 Å². The van der Waals surface area contributed by atoms with Gasteiger partial charge in [0.1, 0.15) is 5.75 Å². The fourth-order valence-corrected chi connectivity index (χ4v) is 4.04. The summed E-state index contributed by atoms with van der Waals surface area (Å²) in [6.07, 6.45) is 3.12. The lowest BCUT2D eigenvalue weighted by Crippen LogP contribution is -2.42. The molecule has 2 aromatic carbocycles. The molecule has 0 saturated carbocycles. The Morgan fingerprint density at radius 2 is 2.04 bits per heavy atom. The number of hydrogen-bond donors (Lipinski definition) is 1. The molecule has 1 atom stereocenters. The van der Waals surface area contributed by atoms with Crippen LogP contribution in [-0.2, 0) is 9.59 Å². The van der Waals surface area contributed by atoms with Crippen LogP contribution in [0.2, 0.25) is 0 Å². The van der Waals surface area contributed by atoms with Crippen LogP contribution in [0.15, 0.2) is 40.9 Å². The maximum Gasteiger partial charge on any atom is 0.260 e. The molecule has 0 bridgehead atoms. The molecule has 0 spiro atoms. The summed E-state index contributed by atoms with van der Waals surface area (Å²) >= 11 is 3.58. The summed E-state index contributed by atoms with van der Waals surface area (Å²) in [5, 5.41) is 2.17. The first-order valence-electron chi connectivity index (χ1n) is 8.90. The van der Waals surface area contributed by atoms with Crippen molar-refractivity contribution in [3.63, 3.8) is 0 Å². The van der Waals surface area contributed by atoms with Gasteiger partial charge in [-0.3, -0.25) is 9.59 Å². The number of hydrogen-bond acceptors (Lipinski definition) is 3. The van der Waals surface area contributed by atoms with Crippen LogP contribution in [0.1, 0.15) is 25.7 Å². The zero-order valence-corrected chi connectivity index (χ0v) is 16.2. The Hall–Kier alpha value is -2.08. The molecular weight excluding hydrogens is 396 g/mol. The second kappa shape index (κ2) is 8.54. The number of halogens is 1. The Kier molecular flexibility index (Phi) is 6.14. The van der Waals surface area contributed by atoms with Crippen LogP contribution in [0.25, 0.3) is 10.8 Å². The van der Waals surface area contributed by atoms with E-state index in [1.807, 2.05) is 41.3 Å². The molecular formula is C20H23BrN2O3. The predicted octanol–water partition coefficient (Wildman–Crippen LogP) is 3.49. The fourth-order valence-electron chi connectivity index (χ4n) is 3.43. The van der Waals surface area contributed by atoms with Crippen LogP contribution < -0.4 is 10.5 Å². The summed E-state index contributed by atoms with van der Waals surface area (Å²) in [5.41, 5.74) is 5.23.